The number of hydrogen-bond donors (Lipinski definition) is 2. The first-order valence-corrected chi connectivity index (χ1v) is 6.94. The number of benzene rings is 2. The molecule has 2 aromatic carbocycles. The predicted molar refractivity (Wildman–Crippen MR) is 83.1 cm³/mol. The molecule has 0 aliphatic carbocycles. The zero-order valence-corrected chi connectivity index (χ0v) is 12.6. The Balaban J connectivity index is 1.98. The molecule has 6 nitrogen and oxygen atoms in total. The number of nitrogens with one attached hydrogen (secondary N) is 1. The highest BCUT2D eigenvalue weighted by atomic mass is 16.5. The molecule has 0 saturated carbocycles. The van der Waals surface area contributed by atoms with Crippen LogP contribution in [0.5, 0.6) is 5.75 Å². The summed E-state index contributed by atoms with van der Waals surface area (Å²) in [7, 11) is 1.52. The van der Waals surface area contributed by atoms with Gasteiger partial charge in [0.05, 0.1) is 7.11 Å². The Morgan fingerprint density at radius 3 is 2.30 bits per heavy atom. The van der Waals surface area contributed by atoms with Crippen LogP contribution >= 0.6 is 0 Å². The average Bonchev–Trinajstić information content (AvgIpc) is 2.58. The first-order chi connectivity index (χ1) is 11.1. The molecule has 2 aromatic rings. The highest BCUT2D eigenvalue weighted by Crippen LogP contribution is 2.18. The maximum absolute atomic E-state index is 11.8. The van der Waals surface area contributed by atoms with Gasteiger partial charge in [-0.25, -0.2) is 9.59 Å². The molecule has 0 bridgehead atoms. The van der Waals surface area contributed by atoms with E-state index in [0.717, 1.165) is 5.56 Å². The molecule has 0 heterocycles. The number of ether oxygens (including phenoxy) is 2. The Hall–Kier alpha value is -3.02. The van der Waals surface area contributed by atoms with Gasteiger partial charge in [-0.3, -0.25) is 0 Å². The minimum Gasteiger partial charge on any atom is -0.497 e. The van der Waals surface area contributed by atoms with Crippen LogP contribution in [0.2, 0.25) is 0 Å². The van der Waals surface area contributed by atoms with E-state index < -0.39 is 18.1 Å². The van der Waals surface area contributed by atoms with Gasteiger partial charge in [0.2, 0.25) is 0 Å². The fourth-order valence-electron chi connectivity index (χ4n) is 1.97. The lowest BCUT2D eigenvalue weighted by Gasteiger charge is -2.15. The Bertz CT molecular complexity index is 654. The topological polar surface area (TPSA) is 84.9 Å². The smallest absolute Gasteiger partial charge is 0.408 e. The number of carbonyl (C=O) groups is 2. The van der Waals surface area contributed by atoms with Crippen LogP contribution < -0.4 is 10.1 Å². The number of alkyl carbamates (subject to hydrolysis) is 1. The third-order valence-corrected chi connectivity index (χ3v) is 3.17. The van der Waals surface area contributed by atoms with Crippen molar-refractivity contribution in [2.24, 2.45) is 0 Å². The quantitative estimate of drug-likeness (QED) is 0.856. The van der Waals surface area contributed by atoms with Crippen molar-refractivity contribution in [3.8, 4) is 5.75 Å². The number of amides is 1. The second-order valence-electron chi connectivity index (χ2n) is 4.75. The normalized spacial score (nSPS) is 11.3. The summed E-state index contributed by atoms with van der Waals surface area (Å²) in [5.74, 6) is -0.573. The molecule has 0 unspecified atom stereocenters. The Morgan fingerprint density at radius 2 is 1.74 bits per heavy atom. The van der Waals surface area contributed by atoms with Gasteiger partial charge in [-0.1, -0.05) is 42.5 Å². The Morgan fingerprint density at radius 1 is 1.09 bits per heavy atom. The van der Waals surface area contributed by atoms with Crippen LogP contribution in [0.4, 0.5) is 4.79 Å². The van der Waals surface area contributed by atoms with Gasteiger partial charge in [-0.2, -0.15) is 0 Å². The molecule has 1 atom stereocenters. The van der Waals surface area contributed by atoms with Crippen LogP contribution in [-0.4, -0.2) is 24.3 Å². The number of carboxylic acid groups (broad SMARTS) is 1. The Kier molecular flexibility index (Phi) is 5.57. The Labute approximate surface area is 133 Å². The molecule has 0 spiro atoms. The first-order valence-electron chi connectivity index (χ1n) is 6.94. The number of hydrogen-bond acceptors (Lipinski definition) is 4. The van der Waals surface area contributed by atoms with E-state index in [0.29, 0.717) is 11.3 Å². The number of aliphatic carboxylic acids is 1. The monoisotopic (exact) mass is 315 g/mol. The third kappa shape index (κ3) is 4.74. The number of rotatable bonds is 6. The van der Waals surface area contributed by atoms with E-state index in [4.69, 9.17) is 9.47 Å². The van der Waals surface area contributed by atoms with Crippen molar-refractivity contribution in [1.82, 2.24) is 5.32 Å². The molecule has 0 radical (unpaired) electrons. The molecule has 0 fully saturated rings. The molecule has 2 N–H and O–H groups in total. The van der Waals surface area contributed by atoms with Gasteiger partial charge in [0, 0.05) is 0 Å². The minimum absolute atomic E-state index is 0.0711. The van der Waals surface area contributed by atoms with E-state index in [1.54, 1.807) is 24.3 Å². The molecule has 0 aliphatic rings. The molecule has 6 heteroatoms. The number of carboxylic acids is 1. The summed E-state index contributed by atoms with van der Waals surface area (Å²) in [5, 5.41) is 11.6. The van der Waals surface area contributed by atoms with Gasteiger partial charge in [0.15, 0.2) is 6.04 Å². The van der Waals surface area contributed by atoms with Crippen molar-refractivity contribution in [2.45, 2.75) is 12.6 Å². The highest BCUT2D eigenvalue weighted by Gasteiger charge is 2.22. The van der Waals surface area contributed by atoms with Crippen molar-refractivity contribution in [3.63, 3.8) is 0 Å². The summed E-state index contributed by atoms with van der Waals surface area (Å²) in [6.07, 6.45) is -0.794. The molecule has 2 rings (SSSR count). The summed E-state index contributed by atoms with van der Waals surface area (Å²) in [5.41, 5.74) is 1.24. The molecule has 0 aliphatic heterocycles. The SMILES string of the molecule is COc1ccc([C@H](NC(=O)OCc2ccccc2)C(=O)O)cc1. The summed E-state index contributed by atoms with van der Waals surface area (Å²) < 4.78 is 10.1. The summed E-state index contributed by atoms with van der Waals surface area (Å²) in [4.78, 5) is 23.2. The maximum atomic E-state index is 11.8. The second kappa shape index (κ2) is 7.84. The largest absolute Gasteiger partial charge is 0.497 e. The molecular weight excluding hydrogens is 298 g/mol. The van der Waals surface area contributed by atoms with Crippen LogP contribution in [0.1, 0.15) is 17.2 Å². The van der Waals surface area contributed by atoms with Crippen LogP contribution in [0.25, 0.3) is 0 Å². The zero-order valence-electron chi connectivity index (χ0n) is 12.6. The first kappa shape index (κ1) is 16.4. The zero-order chi connectivity index (χ0) is 16.7. The van der Waals surface area contributed by atoms with E-state index in [9.17, 15) is 14.7 Å². The summed E-state index contributed by atoms with van der Waals surface area (Å²) >= 11 is 0. The number of carbonyl (C=O) groups excluding carboxylic acids is 1. The van der Waals surface area contributed by atoms with E-state index in [1.165, 1.54) is 7.11 Å². The van der Waals surface area contributed by atoms with Crippen molar-refractivity contribution in [3.05, 3.63) is 65.7 Å². The maximum Gasteiger partial charge on any atom is 0.408 e. The van der Waals surface area contributed by atoms with Crippen LogP contribution in [0, 0.1) is 0 Å². The lowest BCUT2D eigenvalue weighted by molar-refractivity contribution is -0.139. The second-order valence-corrected chi connectivity index (χ2v) is 4.75. The van der Waals surface area contributed by atoms with E-state index in [-0.39, 0.29) is 6.61 Å². The standard InChI is InChI=1S/C17H17NO5/c1-22-14-9-7-13(8-10-14)15(16(19)20)18-17(21)23-11-12-5-3-2-4-6-12/h2-10,15H,11H2,1H3,(H,18,21)(H,19,20)/t15-/m0/s1. The summed E-state index contributed by atoms with van der Waals surface area (Å²) in [6, 6.07) is 14.4. The predicted octanol–water partition coefficient (Wildman–Crippen LogP) is 2.75. The fourth-order valence-corrected chi connectivity index (χ4v) is 1.97. The van der Waals surface area contributed by atoms with Crippen molar-refractivity contribution >= 4 is 12.1 Å². The molecular formula is C17H17NO5. The molecule has 23 heavy (non-hydrogen) atoms. The third-order valence-electron chi connectivity index (χ3n) is 3.17. The van der Waals surface area contributed by atoms with Crippen LogP contribution in [0.3, 0.4) is 0 Å². The molecule has 1 amide bonds. The highest BCUT2D eigenvalue weighted by molar-refractivity contribution is 5.81. The van der Waals surface area contributed by atoms with E-state index in [1.807, 2.05) is 30.3 Å². The van der Waals surface area contributed by atoms with Gasteiger partial charge < -0.3 is 19.9 Å². The van der Waals surface area contributed by atoms with E-state index >= 15 is 0 Å². The van der Waals surface area contributed by atoms with Crippen LogP contribution in [-0.2, 0) is 16.1 Å². The van der Waals surface area contributed by atoms with Gasteiger partial charge in [0.25, 0.3) is 0 Å². The lowest BCUT2D eigenvalue weighted by Crippen LogP contribution is -2.34. The van der Waals surface area contributed by atoms with Gasteiger partial charge in [0.1, 0.15) is 12.4 Å². The molecule has 0 saturated heterocycles. The fraction of sp³-hybridized carbons (Fsp3) is 0.176. The molecule has 120 valence electrons. The average molecular weight is 315 g/mol. The van der Waals surface area contributed by atoms with Crippen LogP contribution in [0.15, 0.2) is 54.6 Å². The van der Waals surface area contributed by atoms with Crippen molar-refractivity contribution in [2.75, 3.05) is 7.11 Å². The van der Waals surface area contributed by atoms with Crippen molar-refractivity contribution in [1.29, 1.82) is 0 Å². The van der Waals surface area contributed by atoms with E-state index in [2.05, 4.69) is 5.32 Å². The van der Waals surface area contributed by atoms with Gasteiger partial charge in [-0.15, -0.1) is 0 Å². The number of methoxy groups -OCH3 is 1. The van der Waals surface area contributed by atoms with Crippen molar-refractivity contribution < 1.29 is 24.2 Å². The van der Waals surface area contributed by atoms with Gasteiger partial charge >= 0.3 is 12.1 Å². The lowest BCUT2D eigenvalue weighted by atomic mass is 10.1. The molecule has 0 aromatic heterocycles. The van der Waals surface area contributed by atoms with Gasteiger partial charge in [-0.05, 0) is 23.3 Å². The minimum atomic E-state index is -1.19. The summed E-state index contributed by atoms with van der Waals surface area (Å²) in [6.45, 7) is 0.0711.